The third-order valence-electron chi connectivity index (χ3n) is 4.29. The van der Waals surface area contributed by atoms with Crippen LogP contribution in [-0.2, 0) is 10.2 Å². The van der Waals surface area contributed by atoms with E-state index in [1.807, 2.05) is 25.8 Å². The predicted octanol–water partition coefficient (Wildman–Crippen LogP) is 2.31. The Bertz CT molecular complexity index is 462. The summed E-state index contributed by atoms with van der Waals surface area (Å²) in [6.07, 6.45) is 1.98. The van der Waals surface area contributed by atoms with E-state index < -0.39 is 5.41 Å². The van der Waals surface area contributed by atoms with Crippen LogP contribution >= 0.6 is 0 Å². The van der Waals surface area contributed by atoms with E-state index in [9.17, 15) is 9.18 Å². The zero-order chi connectivity index (χ0) is 14.8. The van der Waals surface area contributed by atoms with Crippen LogP contribution < -0.4 is 5.32 Å². The van der Waals surface area contributed by atoms with Gasteiger partial charge in [0.15, 0.2) is 0 Å². The molecule has 0 unspecified atom stereocenters. The second-order valence-electron chi connectivity index (χ2n) is 5.99. The van der Waals surface area contributed by atoms with Gasteiger partial charge in [-0.3, -0.25) is 4.79 Å². The maximum absolute atomic E-state index is 13.0. The first-order valence-electron chi connectivity index (χ1n) is 7.18. The average Bonchev–Trinajstić information content (AvgIpc) is 2.47. The van der Waals surface area contributed by atoms with E-state index in [4.69, 9.17) is 0 Å². The van der Waals surface area contributed by atoms with E-state index in [1.54, 1.807) is 12.1 Å². The molecular weight excluding hydrogens is 255 g/mol. The van der Waals surface area contributed by atoms with Gasteiger partial charge in [0.2, 0.25) is 5.91 Å². The fourth-order valence-electron chi connectivity index (χ4n) is 2.76. The molecule has 1 amide bonds. The van der Waals surface area contributed by atoms with Crippen molar-refractivity contribution in [1.29, 1.82) is 0 Å². The highest BCUT2D eigenvalue weighted by Gasteiger charge is 2.35. The summed E-state index contributed by atoms with van der Waals surface area (Å²) in [7, 11) is 1.96. The third-order valence-corrected chi connectivity index (χ3v) is 4.29. The van der Waals surface area contributed by atoms with Gasteiger partial charge in [0.05, 0.1) is 5.41 Å². The Balaban J connectivity index is 2.09. The molecule has 1 aliphatic heterocycles. The number of carbonyl (C=O) groups excluding carboxylic acids is 1. The molecule has 0 saturated carbocycles. The van der Waals surface area contributed by atoms with Gasteiger partial charge in [-0.15, -0.1) is 0 Å². The fourth-order valence-corrected chi connectivity index (χ4v) is 2.76. The van der Waals surface area contributed by atoms with E-state index >= 15 is 0 Å². The number of nitrogens with one attached hydrogen (secondary N) is 1. The molecule has 0 atom stereocenters. The number of rotatable bonds is 3. The summed E-state index contributed by atoms with van der Waals surface area (Å²) in [5.74, 6) is -0.148. The van der Waals surface area contributed by atoms with Crippen LogP contribution in [-0.4, -0.2) is 37.0 Å². The third kappa shape index (κ3) is 3.01. The largest absolute Gasteiger partial charge is 0.342 e. The van der Waals surface area contributed by atoms with Gasteiger partial charge in [-0.05, 0) is 51.4 Å². The van der Waals surface area contributed by atoms with Crippen LogP contribution in [0.4, 0.5) is 4.39 Å². The molecule has 2 rings (SSSR count). The molecule has 0 aromatic heterocycles. The highest BCUT2D eigenvalue weighted by Crippen LogP contribution is 2.27. The molecular formula is C16H23FN2O. The molecule has 0 radical (unpaired) electrons. The van der Waals surface area contributed by atoms with Crippen LogP contribution in [0.1, 0.15) is 32.3 Å². The molecule has 4 heteroatoms. The van der Waals surface area contributed by atoms with Crippen molar-refractivity contribution in [1.82, 2.24) is 10.2 Å². The summed E-state index contributed by atoms with van der Waals surface area (Å²) >= 11 is 0. The Morgan fingerprint density at radius 3 is 2.30 bits per heavy atom. The SMILES string of the molecule is CNC1CCN(C(=O)C(C)(C)c2ccc(F)cc2)CC1. The van der Waals surface area contributed by atoms with Crippen molar-refractivity contribution < 1.29 is 9.18 Å². The molecule has 1 N–H and O–H groups in total. The molecule has 0 bridgehead atoms. The molecule has 1 aliphatic rings. The molecule has 0 spiro atoms. The molecule has 110 valence electrons. The average molecular weight is 278 g/mol. The Hall–Kier alpha value is -1.42. The van der Waals surface area contributed by atoms with Gasteiger partial charge in [0.25, 0.3) is 0 Å². The summed E-state index contributed by atoms with van der Waals surface area (Å²) < 4.78 is 13.0. The van der Waals surface area contributed by atoms with Gasteiger partial charge in [-0.1, -0.05) is 12.1 Å². The Morgan fingerprint density at radius 1 is 1.25 bits per heavy atom. The number of carbonyl (C=O) groups is 1. The van der Waals surface area contributed by atoms with Crippen LogP contribution in [0.5, 0.6) is 0 Å². The number of hydrogen-bond donors (Lipinski definition) is 1. The maximum Gasteiger partial charge on any atom is 0.232 e. The maximum atomic E-state index is 13.0. The fraction of sp³-hybridized carbons (Fsp3) is 0.562. The summed E-state index contributed by atoms with van der Waals surface area (Å²) in [6, 6.07) is 6.74. The van der Waals surface area contributed by atoms with Gasteiger partial charge >= 0.3 is 0 Å². The van der Waals surface area contributed by atoms with E-state index in [2.05, 4.69) is 5.32 Å². The number of amides is 1. The van der Waals surface area contributed by atoms with Crippen molar-refractivity contribution >= 4 is 5.91 Å². The molecule has 1 fully saturated rings. The number of benzene rings is 1. The quantitative estimate of drug-likeness (QED) is 0.920. The molecule has 1 heterocycles. The summed E-state index contributed by atoms with van der Waals surface area (Å²) in [4.78, 5) is 14.6. The van der Waals surface area contributed by atoms with Crippen LogP contribution in [0, 0.1) is 5.82 Å². The van der Waals surface area contributed by atoms with Crippen LogP contribution in [0.2, 0.25) is 0 Å². The standard InChI is InChI=1S/C16H23FN2O/c1-16(2,12-4-6-13(17)7-5-12)15(20)19-10-8-14(18-3)9-11-19/h4-7,14,18H,8-11H2,1-3H3. The van der Waals surface area contributed by atoms with Gasteiger partial charge in [-0.2, -0.15) is 0 Å². The number of piperidine rings is 1. The highest BCUT2D eigenvalue weighted by molar-refractivity contribution is 5.87. The predicted molar refractivity (Wildman–Crippen MR) is 78.1 cm³/mol. The molecule has 1 saturated heterocycles. The summed E-state index contributed by atoms with van der Waals surface area (Å²) in [5.41, 5.74) is 0.250. The second kappa shape index (κ2) is 5.92. The van der Waals surface area contributed by atoms with Crippen molar-refractivity contribution in [3.63, 3.8) is 0 Å². The first-order chi connectivity index (χ1) is 9.45. The lowest BCUT2D eigenvalue weighted by Crippen LogP contribution is -2.49. The molecule has 3 nitrogen and oxygen atoms in total. The van der Waals surface area contributed by atoms with Crippen LogP contribution in [0.3, 0.4) is 0 Å². The number of halogens is 1. The first kappa shape index (κ1) is 15.0. The van der Waals surface area contributed by atoms with Crippen molar-refractivity contribution in [3.8, 4) is 0 Å². The van der Waals surface area contributed by atoms with E-state index in [1.165, 1.54) is 12.1 Å². The van der Waals surface area contributed by atoms with Gasteiger partial charge in [0, 0.05) is 19.1 Å². The van der Waals surface area contributed by atoms with E-state index in [0.717, 1.165) is 31.5 Å². The van der Waals surface area contributed by atoms with Gasteiger partial charge in [0.1, 0.15) is 5.82 Å². The van der Waals surface area contributed by atoms with Gasteiger partial charge in [-0.25, -0.2) is 4.39 Å². The lowest BCUT2D eigenvalue weighted by atomic mass is 9.82. The normalized spacial score (nSPS) is 17.3. The van der Waals surface area contributed by atoms with Crippen molar-refractivity contribution in [2.75, 3.05) is 20.1 Å². The smallest absolute Gasteiger partial charge is 0.232 e. The van der Waals surface area contributed by atoms with Crippen LogP contribution in [0.25, 0.3) is 0 Å². The minimum atomic E-state index is -0.611. The summed E-state index contributed by atoms with van der Waals surface area (Å²) in [6.45, 7) is 5.39. The monoisotopic (exact) mass is 278 g/mol. The second-order valence-corrected chi connectivity index (χ2v) is 5.99. The zero-order valence-corrected chi connectivity index (χ0v) is 12.4. The first-order valence-corrected chi connectivity index (χ1v) is 7.18. The Morgan fingerprint density at radius 2 is 1.80 bits per heavy atom. The van der Waals surface area contributed by atoms with Crippen LogP contribution in [0.15, 0.2) is 24.3 Å². The van der Waals surface area contributed by atoms with E-state index in [0.29, 0.717) is 6.04 Å². The molecule has 20 heavy (non-hydrogen) atoms. The molecule has 1 aromatic carbocycles. The highest BCUT2D eigenvalue weighted by atomic mass is 19.1. The van der Waals surface area contributed by atoms with Crippen molar-refractivity contribution in [2.45, 2.75) is 38.1 Å². The number of nitrogens with zero attached hydrogens (tertiary/aromatic N) is 1. The minimum Gasteiger partial charge on any atom is -0.342 e. The van der Waals surface area contributed by atoms with Crippen molar-refractivity contribution in [3.05, 3.63) is 35.6 Å². The minimum absolute atomic E-state index is 0.124. The Kier molecular flexibility index (Phi) is 4.43. The van der Waals surface area contributed by atoms with E-state index in [-0.39, 0.29) is 11.7 Å². The lowest BCUT2D eigenvalue weighted by Gasteiger charge is -2.37. The number of likely N-dealkylation sites (tertiary alicyclic amines) is 1. The lowest BCUT2D eigenvalue weighted by molar-refractivity contribution is -0.137. The zero-order valence-electron chi connectivity index (χ0n) is 12.4. The Labute approximate surface area is 120 Å². The molecule has 0 aliphatic carbocycles. The van der Waals surface area contributed by atoms with Crippen molar-refractivity contribution in [2.24, 2.45) is 0 Å². The van der Waals surface area contributed by atoms with Gasteiger partial charge < -0.3 is 10.2 Å². The number of hydrogen-bond acceptors (Lipinski definition) is 2. The topological polar surface area (TPSA) is 32.3 Å². The molecule has 1 aromatic rings. The summed E-state index contributed by atoms with van der Waals surface area (Å²) in [5, 5.41) is 3.26.